The van der Waals surface area contributed by atoms with E-state index in [1.54, 1.807) is 0 Å². The molecule has 0 fully saturated rings. The van der Waals surface area contributed by atoms with Gasteiger partial charge in [0.05, 0.1) is 0 Å². The van der Waals surface area contributed by atoms with Gasteiger partial charge in [-0.25, -0.2) is 4.39 Å². The van der Waals surface area contributed by atoms with Crippen LogP contribution in [0.4, 0.5) is 4.39 Å². The summed E-state index contributed by atoms with van der Waals surface area (Å²) in [6.07, 6.45) is 0.958. The van der Waals surface area contributed by atoms with E-state index in [1.165, 1.54) is 16.7 Å². The highest BCUT2D eigenvalue weighted by Crippen LogP contribution is 2.31. The van der Waals surface area contributed by atoms with Gasteiger partial charge in [-0.1, -0.05) is 91.3 Å². The summed E-state index contributed by atoms with van der Waals surface area (Å²) in [4.78, 5) is 0. The Bertz CT molecular complexity index is 1060. The van der Waals surface area contributed by atoms with Crippen LogP contribution >= 0.6 is 0 Å². The Labute approximate surface area is 153 Å². The maximum absolute atomic E-state index is 15.1. The molecule has 0 N–H and O–H groups in total. The van der Waals surface area contributed by atoms with Gasteiger partial charge in [0.15, 0.2) is 0 Å². The average molecular weight is 340 g/mol. The van der Waals surface area contributed by atoms with Gasteiger partial charge in [0.1, 0.15) is 5.82 Å². The van der Waals surface area contributed by atoms with Crippen LogP contribution < -0.4 is 0 Å². The zero-order chi connectivity index (χ0) is 18.1. The monoisotopic (exact) mass is 340 g/mol. The van der Waals surface area contributed by atoms with Crippen molar-refractivity contribution in [2.75, 3.05) is 0 Å². The summed E-state index contributed by atoms with van der Waals surface area (Å²) in [6.45, 7) is 4.19. The molecule has 0 heterocycles. The molecule has 0 bridgehead atoms. The lowest BCUT2D eigenvalue weighted by molar-refractivity contribution is 0.643. The van der Waals surface area contributed by atoms with Crippen molar-refractivity contribution in [1.29, 1.82) is 0 Å². The second-order valence-corrected chi connectivity index (χ2v) is 6.78. The quantitative estimate of drug-likeness (QED) is 0.370. The summed E-state index contributed by atoms with van der Waals surface area (Å²) in [5.74, 6) is -0.145. The molecule has 0 aromatic heterocycles. The van der Waals surface area contributed by atoms with Crippen molar-refractivity contribution in [3.8, 4) is 22.3 Å². The highest BCUT2D eigenvalue weighted by atomic mass is 19.1. The third kappa shape index (κ3) is 3.01. The first-order chi connectivity index (χ1) is 12.7. The van der Waals surface area contributed by atoms with Crippen LogP contribution in [-0.4, -0.2) is 0 Å². The van der Waals surface area contributed by atoms with Gasteiger partial charge in [0, 0.05) is 10.9 Å². The summed E-state index contributed by atoms with van der Waals surface area (Å²) < 4.78 is 15.1. The van der Waals surface area contributed by atoms with Crippen LogP contribution in [0.25, 0.3) is 33.0 Å². The van der Waals surface area contributed by atoms with Gasteiger partial charge in [-0.15, -0.1) is 0 Å². The maximum atomic E-state index is 15.1. The van der Waals surface area contributed by atoms with E-state index in [4.69, 9.17) is 0 Å². The van der Waals surface area contributed by atoms with Crippen LogP contribution in [0.3, 0.4) is 0 Å². The topological polar surface area (TPSA) is 0 Å². The number of aryl methyl sites for hydroxylation is 2. The minimum absolute atomic E-state index is 0.145. The fraction of sp³-hybridized carbons (Fsp3) is 0.120. The SMILES string of the molecule is CCc1ccc2c(F)c(-c3ccc(-c4ccc(C)cc4)cc3)ccc2c1. The van der Waals surface area contributed by atoms with Gasteiger partial charge in [0.25, 0.3) is 0 Å². The second-order valence-electron chi connectivity index (χ2n) is 6.78. The van der Waals surface area contributed by atoms with Crippen LogP contribution in [0.1, 0.15) is 18.1 Å². The van der Waals surface area contributed by atoms with Crippen LogP contribution in [-0.2, 0) is 6.42 Å². The molecule has 0 atom stereocenters. The molecule has 0 aliphatic rings. The number of hydrogen-bond donors (Lipinski definition) is 0. The van der Waals surface area contributed by atoms with E-state index in [9.17, 15) is 0 Å². The van der Waals surface area contributed by atoms with Crippen LogP contribution in [0.2, 0.25) is 0 Å². The minimum atomic E-state index is -0.145. The zero-order valence-electron chi connectivity index (χ0n) is 15.1. The summed E-state index contributed by atoms with van der Waals surface area (Å²) in [5.41, 5.74) is 6.34. The first-order valence-electron chi connectivity index (χ1n) is 9.04. The van der Waals surface area contributed by atoms with Crippen molar-refractivity contribution in [3.63, 3.8) is 0 Å². The summed E-state index contributed by atoms with van der Waals surface area (Å²) in [5, 5.41) is 1.64. The smallest absolute Gasteiger partial charge is 0.138 e. The second kappa shape index (κ2) is 6.76. The van der Waals surface area contributed by atoms with E-state index < -0.39 is 0 Å². The van der Waals surface area contributed by atoms with Gasteiger partial charge in [0.2, 0.25) is 0 Å². The number of benzene rings is 4. The molecule has 0 saturated heterocycles. The largest absolute Gasteiger partial charge is 0.206 e. The molecule has 0 unspecified atom stereocenters. The molecule has 0 saturated carbocycles. The third-order valence-corrected chi connectivity index (χ3v) is 5.01. The lowest BCUT2D eigenvalue weighted by Gasteiger charge is -2.09. The summed E-state index contributed by atoms with van der Waals surface area (Å²) >= 11 is 0. The lowest BCUT2D eigenvalue weighted by atomic mass is 9.96. The van der Waals surface area contributed by atoms with Gasteiger partial charge in [-0.2, -0.15) is 0 Å². The predicted molar refractivity (Wildman–Crippen MR) is 109 cm³/mol. The summed E-state index contributed by atoms with van der Waals surface area (Å²) in [6, 6.07) is 26.4. The number of halogens is 1. The summed E-state index contributed by atoms with van der Waals surface area (Å²) in [7, 11) is 0. The number of fused-ring (bicyclic) bond motifs is 1. The Morgan fingerprint density at radius 1 is 0.692 bits per heavy atom. The molecule has 0 aliphatic heterocycles. The number of rotatable bonds is 3. The molecule has 0 spiro atoms. The van der Waals surface area contributed by atoms with E-state index in [1.807, 2.05) is 36.4 Å². The molecule has 4 aromatic rings. The Morgan fingerprint density at radius 3 is 1.96 bits per heavy atom. The van der Waals surface area contributed by atoms with Gasteiger partial charge >= 0.3 is 0 Å². The van der Waals surface area contributed by atoms with Crippen LogP contribution in [0.15, 0.2) is 78.9 Å². The molecule has 0 radical (unpaired) electrons. The van der Waals surface area contributed by atoms with E-state index in [-0.39, 0.29) is 5.82 Å². The minimum Gasteiger partial charge on any atom is -0.206 e. The van der Waals surface area contributed by atoms with Crippen molar-refractivity contribution in [2.45, 2.75) is 20.3 Å². The Hall–Kier alpha value is -2.93. The fourth-order valence-corrected chi connectivity index (χ4v) is 3.37. The standard InChI is InChI=1S/C25H21F/c1-3-18-6-14-24-22(16-18)13-15-23(25(24)26)21-11-9-20(10-12-21)19-7-4-17(2)5-8-19/h4-16H,3H2,1-2H3. The van der Waals surface area contributed by atoms with Crippen molar-refractivity contribution < 1.29 is 4.39 Å². The van der Waals surface area contributed by atoms with Crippen molar-refractivity contribution in [1.82, 2.24) is 0 Å². The van der Waals surface area contributed by atoms with Crippen molar-refractivity contribution >= 4 is 10.8 Å². The van der Waals surface area contributed by atoms with E-state index in [0.717, 1.165) is 22.9 Å². The molecule has 128 valence electrons. The first-order valence-corrected chi connectivity index (χ1v) is 9.04. The molecule has 0 amide bonds. The van der Waals surface area contributed by atoms with E-state index in [2.05, 4.69) is 56.3 Å². The lowest BCUT2D eigenvalue weighted by Crippen LogP contribution is -1.89. The molecule has 4 aromatic carbocycles. The fourth-order valence-electron chi connectivity index (χ4n) is 3.37. The van der Waals surface area contributed by atoms with Gasteiger partial charge in [-0.3, -0.25) is 0 Å². The third-order valence-electron chi connectivity index (χ3n) is 5.01. The molecule has 4 rings (SSSR count). The molecule has 1 heteroatoms. The van der Waals surface area contributed by atoms with Crippen molar-refractivity contribution in [3.05, 3.63) is 95.8 Å². The zero-order valence-corrected chi connectivity index (χ0v) is 15.1. The van der Waals surface area contributed by atoms with Crippen LogP contribution in [0, 0.1) is 12.7 Å². The molecular formula is C25H21F. The normalized spacial score (nSPS) is 11.0. The van der Waals surface area contributed by atoms with Gasteiger partial charge in [-0.05, 0) is 41.0 Å². The van der Waals surface area contributed by atoms with E-state index in [0.29, 0.717) is 10.9 Å². The van der Waals surface area contributed by atoms with Crippen LogP contribution in [0.5, 0.6) is 0 Å². The average Bonchev–Trinajstić information content (AvgIpc) is 2.69. The molecular weight excluding hydrogens is 319 g/mol. The Kier molecular flexibility index (Phi) is 4.30. The maximum Gasteiger partial charge on any atom is 0.138 e. The molecule has 0 nitrogen and oxygen atoms in total. The molecule has 0 aliphatic carbocycles. The Morgan fingerprint density at radius 2 is 1.31 bits per heavy atom. The van der Waals surface area contributed by atoms with Crippen molar-refractivity contribution in [2.24, 2.45) is 0 Å². The van der Waals surface area contributed by atoms with E-state index >= 15 is 4.39 Å². The highest BCUT2D eigenvalue weighted by molar-refractivity contribution is 5.89. The highest BCUT2D eigenvalue weighted by Gasteiger charge is 2.10. The van der Waals surface area contributed by atoms with Gasteiger partial charge < -0.3 is 0 Å². The molecule has 26 heavy (non-hydrogen) atoms. The number of hydrogen-bond acceptors (Lipinski definition) is 0. The Balaban J connectivity index is 1.73. The first kappa shape index (κ1) is 16.5. The predicted octanol–water partition coefficient (Wildman–Crippen LogP) is 7.18.